The average molecular weight is 302 g/mol. The largest absolute Gasteiger partial charge is 0.495 e. The van der Waals surface area contributed by atoms with Crippen molar-refractivity contribution in [2.75, 3.05) is 25.2 Å². The third kappa shape index (κ3) is 4.28. The summed E-state index contributed by atoms with van der Waals surface area (Å²) < 4.78 is 5.12. The molecule has 1 aliphatic rings. The van der Waals surface area contributed by atoms with Crippen LogP contribution in [0.3, 0.4) is 0 Å². The summed E-state index contributed by atoms with van der Waals surface area (Å²) in [6.07, 6.45) is 1.74. The van der Waals surface area contributed by atoms with Gasteiger partial charge in [-0.3, -0.25) is 0 Å². The van der Waals surface area contributed by atoms with Crippen LogP contribution in [0.2, 0.25) is 5.02 Å². The Bertz CT molecular complexity index is 422. The molecule has 106 valence electrons. The molecule has 3 nitrogen and oxygen atoms in total. The Morgan fingerprint density at radius 3 is 2.79 bits per heavy atom. The molecule has 0 aliphatic carbocycles. The summed E-state index contributed by atoms with van der Waals surface area (Å²) in [5, 5.41) is 14.3. The standard InChI is InChI=1S/C14H20ClNO2S/c1-18-13-3-2-11(8-12(13)15)9-16-10-14(17)4-6-19-7-5-14/h2-3,8,16-17H,4-7,9-10H2,1H3. The first kappa shape index (κ1) is 15.0. The highest BCUT2D eigenvalue weighted by molar-refractivity contribution is 7.99. The molecule has 0 atom stereocenters. The summed E-state index contributed by atoms with van der Waals surface area (Å²) in [6.45, 7) is 1.34. The van der Waals surface area contributed by atoms with Crippen LogP contribution >= 0.6 is 23.4 Å². The van der Waals surface area contributed by atoms with Crippen LogP contribution in [-0.4, -0.2) is 35.9 Å². The minimum atomic E-state index is -0.540. The fourth-order valence-corrected chi connectivity index (χ4v) is 3.72. The van der Waals surface area contributed by atoms with Crippen molar-refractivity contribution >= 4 is 23.4 Å². The zero-order chi connectivity index (χ0) is 13.7. The third-order valence-corrected chi connectivity index (χ3v) is 4.70. The van der Waals surface area contributed by atoms with Gasteiger partial charge in [0.15, 0.2) is 0 Å². The minimum absolute atomic E-state index is 0.540. The Balaban J connectivity index is 1.83. The van der Waals surface area contributed by atoms with E-state index in [0.717, 1.165) is 29.9 Å². The lowest BCUT2D eigenvalue weighted by Gasteiger charge is -2.32. The molecule has 2 rings (SSSR count). The van der Waals surface area contributed by atoms with E-state index in [0.29, 0.717) is 23.9 Å². The number of ether oxygens (including phenoxy) is 1. The summed E-state index contributed by atoms with van der Waals surface area (Å²) in [7, 11) is 1.61. The summed E-state index contributed by atoms with van der Waals surface area (Å²) in [4.78, 5) is 0. The number of thioether (sulfide) groups is 1. The lowest BCUT2D eigenvalue weighted by Crippen LogP contribution is -2.43. The zero-order valence-electron chi connectivity index (χ0n) is 11.1. The molecule has 19 heavy (non-hydrogen) atoms. The normalized spacial score (nSPS) is 18.3. The van der Waals surface area contributed by atoms with Crippen molar-refractivity contribution in [3.8, 4) is 5.75 Å². The predicted octanol–water partition coefficient (Wildman–Crippen LogP) is 2.70. The van der Waals surface area contributed by atoms with Gasteiger partial charge in [-0.1, -0.05) is 17.7 Å². The Kier molecular flexibility index (Phi) is 5.39. The molecule has 0 bridgehead atoms. The molecule has 0 amide bonds. The van der Waals surface area contributed by atoms with Crippen LogP contribution in [-0.2, 0) is 6.54 Å². The first-order valence-electron chi connectivity index (χ1n) is 6.46. The van der Waals surface area contributed by atoms with E-state index in [-0.39, 0.29) is 0 Å². The average Bonchev–Trinajstić information content (AvgIpc) is 2.39. The summed E-state index contributed by atoms with van der Waals surface area (Å²) in [5.74, 6) is 2.78. The molecule has 1 fully saturated rings. The van der Waals surface area contributed by atoms with Gasteiger partial charge >= 0.3 is 0 Å². The first-order chi connectivity index (χ1) is 9.13. The second-order valence-electron chi connectivity index (χ2n) is 4.91. The second-order valence-corrected chi connectivity index (χ2v) is 6.54. The number of methoxy groups -OCH3 is 1. The van der Waals surface area contributed by atoms with Crippen LogP contribution in [0, 0.1) is 0 Å². The van der Waals surface area contributed by atoms with Crippen molar-refractivity contribution in [1.82, 2.24) is 5.32 Å². The molecule has 1 heterocycles. The van der Waals surface area contributed by atoms with Crippen molar-refractivity contribution in [1.29, 1.82) is 0 Å². The van der Waals surface area contributed by atoms with Crippen molar-refractivity contribution in [2.24, 2.45) is 0 Å². The van der Waals surface area contributed by atoms with Crippen molar-refractivity contribution in [2.45, 2.75) is 25.0 Å². The van der Waals surface area contributed by atoms with Gasteiger partial charge in [-0.2, -0.15) is 11.8 Å². The highest BCUT2D eigenvalue weighted by Gasteiger charge is 2.28. The van der Waals surface area contributed by atoms with Crippen LogP contribution in [0.4, 0.5) is 0 Å². The summed E-state index contributed by atoms with van der Waals surface area (Å²) in [5.41, 5.74) is 0.557. The Morgan fingerprint density at radius 2 is 2.16 bits per heavy atom. The fourth-order valence-electron chi connectivity index (χ4n) is 2.19. The van der Waals surface area contributed by atoms with E-state index in [2.05, 4.69) is 5.32 Å². The van der Waals surface area contributed by atoms with Crippen LogP contribution in [0.25, 0.3) is 0 Å². The van der Waals surface area contributed by atoms with Gasteiger partial charge in [0.05, 0.1) is 17.7 Å². The lowest BCUT2D eigenvalue weighted by atomic mass is 9.97. The Hall–Kier alpha value is -0.420. The van der Waals surface area contributed by atoms with E-state index >= 15 is 0 Å². The molecule has 0 saturated carbocycles. The van der Waals surface area contributed by atoms with Gasteiger partial charge in [-0.05, 0) is 42.0 Å². The number of halogens is 1. The third-order valence-electron chi connectivity index (χ3n) is 3.42. The smallest absolute Gasteiger partial charge is 0.137 e. The van der Waals surface area contributed by atoms with Crippen LogP contribution < -0.4 is 10.1 Å². The first-order valence-corrected chi connectivity index (χ1v) is 7.99. The molecule has 0 aromatic heterocycles. The maximum Gasteiger partial charge on any atom is 0.137 e. The molecule has 0 radical (unpaired) electrons. The molecular formula is C14H20ClNO2S. The van der Waals surface area contributed by atoms with Crippen molar-refractivity contribution in [3.05, 3.63) is 28.8 Å². The van der Waals surface area contributed by atoms with Gasteiger partial charge in [0.25, 0.3) is 0 Å². The quantitative estimate of drug-likeness (QED) is 0.877. The minimum Gasteiger partial charge on any atom is -0.495 e. The number of nitrogens with one attached hydrogen (secondary N) is 1. The Morgan fingerprint density at radius 1 is 1.42 bits per heavy atom. The maximum absolute atomic E-state index is 10.4. The number of aliphatic hydroxyl groups is 1. The van der Waals surface area contributed by atoms with E-state index in [1.54, 1.807) is 7.11 Å². The molecule has 0 spiro atoms. The van der Waals surface area contributed by atoms with E-state index in [1.165, 1.54) is 0 Å². The van der Waals surface area contributed by atoms with Gasteiger partial charge in [0.1, 0.15) is 5.75 Å². The molecule has 1 aliphatic heterocycles. The number of rotatable bonds is 5. The van der Waals surface area contributed by atoms with Crippen LogP contribution in [0.1, 0.15) is 18.4 Å². The molecule has 1 aromatic rings. The van der Waals surface area contributed by atoms with Crippen LogP contribution in [0.15, 0.2) is 18.2 Å². The highest BCUT2D eigenvalue weighted by Crippen LogP contribution is 2.27. The maximum atomic E-state index is 10.4. The van der Waals surface area contributed by atoms with Gasteiger partial charge < -0.3 is 15.2 Å². The molecule has 5 heteroatoms. The van der Waals surface area contributed by atoms with E-state index < -0.39 is 5.60 Å². The SMILES string of the molecule is COc1ccc(CNCC2(O)CCSCC2)cc1Cl. The van der Waals surface area contributed by atoms with E-state index in [4.69, 9.17) is 16.3 Å². The lowest BCUT2D eigenvalue weighted by molar-refractivity contribution is 0.0320. The monoisotopic (exact) mass is 301 g/mol. The van der Waals surface area contributed by atoms with Crippen LogP contribution in [0.5, 0.6) is 5.75 Å². The molecule has 0 unspecified atom stereocenters. The van der Waals surface area contributed by atoms with Gasteiger partial charge in [-0.15, -0.1) is 0 Å². The highest BCUT2D eigenvalue weighted by atomic mass is 35.5. The second kappa shape index (κ2) is 6.84. The van der Waals surface area contributed by atoms with Gasteiger partial charge in [0.2, 0.25) is 0 Å². The number of hydrogen-bond acceptors (Lipinski definition) is 4. The van der Waals surface area contributed by atoms with E-state index in [1.807, 2.05) is 30.0 Å². The summed E-state index contributed by atoms with van der Waals surface area (Å²) in [6, 6.07) is 5.75. The Labute approximate surface area is 123 Å². The number of hydrogen-bond donors (Lipinski definition) is 2. The molecular weight excluding hydrogens is 282 g/mol. The van der Waals surface area contributed by atoms with Gasteiger partial charge in [0, 0.05) is 13.1 Å². The molecule has 1 saturated heterocycles. The van der Waals surface area contributed by atoms with Crippen molar-refractivity contribution < 1.29 is 9.84 Å². The van der Waals surface area contributed by atoms with Crippen molar-refractivity contribution in [3.63, 3.8) is 0 Å². The molecule has 1 aromatic carbocycles. The predicted molar refractivity (Wildman–Crippen MR) is 81.2 cm³/mol. The summed E-state index contributed by atoms with van der Waals surface area (Å²) >= 11 is 7.99. The zero-order valence-corrected chi connectivity index (χ0v) is 12.7. The van der Waals surface area contributed by atoms with E-state index in [9.17, 15) is 5.11 Å². The topological polar surface area (TPSA) is 41.5 Å². The van der Waals surface area contributed by atoms with Gasteiger partial charge in [-0.25, -0.2) is 0 Å². The fraction of sp³-hybridized carbons (Fsp3) is 0.571. The molecule has 2 N–H and O–H groups in total. The number of benzene rings is 1.